The number of carboxylic acid groups (broad SMARTS) is 1. The van der Waals surface area contributed by atoms with Gasteiger partial charge in [-0.25, -0.2) is 4.79 Å². The van der Waals surface area contributed by atoms with Gasteiger partial charge in [0.05, 0.1) is 16.5 Å². The van der Waals surface area contributed by atoms with Crippen molar-refractivity contribution in [1.29, 1.82) is 0 Å². The molecule has 0 radical (unpaired) electrons. The van der Waals surface area contributed by atoms with Crippen molar-refractivity contribution in [2.45, 2.75) is 38.8 Å². The maximum absolute atomic E-state index is 13.5. The summed E-state index contributed by atoms with van der Waals surface area (Å²) in [5.41, 5.74) is -3.52. The van der Waals surface area contributed by atoms with E-state index >= 15 is 0 Å². The molecule has 0 bridgehead atoms. The first-order valence-corrected chi connectivity index (χ1v) is 10.4. The fourth-order valence-corrected chi connectivity index (χ4v) is 3.31. The van der Waals surface area contributed by atoms with Gasteiger partial charge in [0, 0.05) is 11.6 Å². The number of carbonyl (C=O) groups excluding carboxylic acids is 1. The number of hydrogen-bond acceptors (Lipinski definition) is 4. The van der Waals surface area contributed by atoms with Crippen LogP contribution in [0.25, 0.3) is 10.9 Å². The Balaban J connectivity index is 1.96. The van der Waals surface area contributed by atoms with Gasteiger partial charge in [-0.05, 0) is 43.7 Å². The van der Waals surface area contributed by atoms with Crippen molar-refractivity contribution in [3.8, 4) is 5.75 Å². The lowest BCUT2D eigenvalue weighted by molar-refractivity contribution is -0.223. The Morgan fingerprint density at radius 3 is 2.19 bits per heavy atom. The summed E-state index contributed by atoms with van der Waals surface area (Å²) in [7, 11) is 0. The van der Waals surface area contributed by atoms with Crippen LogP contribution >= 0.6 is 0 Å². The smallest absolute Gasteiger partial charge is 0.416 e. The molecular weight excluding hydrogens is 494 g/mol. The van der Waals surface area contributed by atoms with Gasteiger partial charge in [0.1, 0.15) is 18.2 Å². The van der Waals surface area contributed by atoms with E-state index in [1.807, 2.05) is 5.32 Å². The molecule has 1 aromatic heterocycles. The molecule has 1 atom stereocenters. The normalized spacial score (nSPS) is 13.3. The molecule has 0 aliphatic heterocycles. The van der Waals surface area contributed by atoms with E-state index < -0.39 is 41.2 Å². The molecule has 3 rings (SSSR count). The van der Waals surface area contributed by atoms with Gasteiger partial charge < -0.3 is 15.2 Å². The highest BCUT2D eigenvalue weighted by Gasteiger charge is 2.55. The molecule has 1 heterocycles. The molecule has 0 spiro atoms. The molecule has 0 aliphatic rings. The quantitative estimate of drug-likeness (QED) is 0.401. The Bertz CT molecular complexity index is 1270. The van der Waals surface area contributed by atoms with E-state index in [9.17, 15) is 41.0 Å². The van der Waals surface area contributed by atoms with Gasteiger partial charge in [-0.3, -0.25) is 9.78 Å². The number of amides is 1. The Morgan fingerprint density at radius 2 is 1.64 bits per heavy atom. The first kappa shape index (κ1) is 26.8. The number of carbonyl (C=O) groups is 2. The lowest BCUT2D eigenvalue weighted by Gasteiger charge is -2.33. The number of aromatic nitrogens is 1. The zero-order valence-corrected chi connectivity index (χ0v) is 18.9. The van der Waals surface area contributed by atoms with Gasteiger partial charge >= 0.3 is 18.3 Å². The lowest BCUT2D eigenvalue weighted by Crippen LogP contribution is -2.56. The molecule has 0 fully saturated rings. The molecule has 6 nitrogen and oxygen atoms in total. The molecule has 192 valence electrons. The number of aliphatic carboxylic acids is 1. The van der Waals surface area contributed by atoms with Gasteiger partial charge in [-0.1, -0.05) is 24.3 Å². The van der Waals surface area contributed by atoms with Crippen molar-refractivity contribution in [1.82, 2.24) is 10.3 Å². The predicted octanol–water partition coefficient (Wildman–Crippen LogP) is 5.60. The van der Waals surface area contributed by atoms with Crippen LogP contribution in [0.2, 0.25) is 0 Å². The minimum Gasteiger partial charge on any atom is -0.486 e. The maximum Gasteiger partial charge on any atom is 0.416 e. The monoisotopic (exact) mass is 514 g/mol. The number of halogens is 6. The number of hydrogen-bond donors (Lipinski definition) is 2. The van der Waals surface area contributed by atoms with Crippen LogP contribution in [0.3, 0.4) is 0 Å². The Kier molecular flexibility index (Phi) is 7.19. The fraction of sp³-hybridized carbons (Fsp3) is 0.292. The zero-order valence-electron chi connectivity index (χ0n) is 18.9. The topological polar surface area (TPSA) is 88.5 Å². The van der Waals surface area contributed by atoms with Crippen LogP contribution in [0.5, 0.6) is 5.75 Å². The molecule has 3 aromatic rings. The standard InChI is InChI=1S/C24H20F6N2O4/c1-22(2,24(28,29)30)19(21(34)35)32-20(33)16-10-7-14-4-3-11-31-17(14)18(16)36-12-13-5-8-15(9-6-13)23(25,26)27/h3-11,19H,12H2,1-2H3,(H,32,33)(H,34,35)/t19-/m1/s1. The van der Waals surface area contributed by atoms with E-state index in [0.717, 1.165) is 12.1 Å². The number of nitrogens with zero attached hydrogens (tertiary/aromatic N) is 1. The summed E-state index contributed by atoms with van der Waals surface area (Å²) in [6.45, 7) is 0.997. The molecular formula is C24H20F6N2O4. The van der Waals surface area contributed by atoms with Gasteiger partial charge in [-0.15, -0.1) is 0 Å². The fourth-order valence-electron chi connectivity index (χ4n) is 3.31. The second kappa shape index (κ2) is 9.67. The van der Waals surface area contributed by atoms with Crippen molar-refractivity contribution in [2.24, 2.45) is 5.41 Å². The molecule has 1 amide bonds. The van der Waals surface area contributed by atoms with Gasteiger partial charge in [-0.2, -0.15) is 26.3 Å². The van der Waals surface area contributed by atoms with Gasteiger partial charge in [0.2, 0.25) is 0 Å². The number of pyridine rings is 1. The Labute approximate surface area is 200 Å². The molecule has 2 aromatic carbocycles. The maximum atomic E-state index is 13.5. The molecule has 12 heteroatoms. The van der Waals surface area contributed by atoms with E-state index in [1.165, 1.54) is 30.5 Å². The number of carboxylic acids is 1. The van der Waals surface area contributed by atoms with E-state index in [4.69, 9.17) is 4.74 Å². The van der Waals surface area contributed by atoms with Gasteiger partial charge in [0.25, 0.3) is 5.91 Å². The van der Waals surface area contributed by atoms with Crippen molar-refractivity contribution in [2.75, 3.05) is 0 Å². The Morgan fingerprint density at radius 1 is 1.00 bits per heavy atom. The third-order valence-electron chi connectivity index (χ3n) is 5.61. The highest BCUT2D eigenvalue weighted by atomic mass is 19.4. The van der Waals surface area contributed by atoms with Crippen LogP contribution in [0.15, 0.2) is 54.7 Å². The van der Waals surface area contributed by atoms with E-state index in [0.29, 0.717) is 24.8 Å². The molecule has 0 aliphatic carbocycles. The first-order valence-electron chi connectivity index (χ1n) is 10.4. The number of rotatable bonds is 7. The number of alkyl halides is 6. The van der Waals surface area contributed by atoms with Gasteiger partial charge in [0.15, 0.2) is 5.75 Å². The SMILES string of the molecule is CC(C)([C@H](NC(=O)c1ccc2cccnc2c1OCc1ccc(C(F)(F)F)cc1)C(=O)O)C(F)(F)F. The highest BCUT2D eigenvalue weighted by molar-refractivity contribution is 6.04. The molecule has 2 N–H and O–H groups in total. The van der Waals surface area contributed by atoms with Crippen molar-refractivity contribution in [3.63, 3.8) is 0 Å². The van der Waals surface area contributed by atoms with Crippen molar-refractivity contribution in [3.05, 3.63) is 71.4 Å². The van der Waals surface area contributed by atoms with Crippen LogP contribution in [0, 0.1) is 5.41 Å². The molecule has 0 saturated heterocycles. The van der Waals surface area contributed by atoms with Crippen LogP contribution in [0.1, 0.15) is 35.3 Å². The number of benzene rings is 2. The zero-order chi connectivity index (χ0) is 26.9. The van der Waals surface area contributed by atoms with E-state index in [-0.39, 0.29) is 23.4 Å². The number of fused-ring (bicyclic) bond motifs is 1. The average molecular weight is 514 g/mol. The third-order valence-corrected chi connectivity index (χ3v) is 5.61. The van der Waals surface area contributed by atoms with Crippen LogP contribution in [0.4, 0.5) is 26.3 Å². The average Bonchev–Trinajstić information content (AvgIpc) is 2.79. The van der Waals surface area contributed by atoms with Crippen LogP contribution < -0.4 is 10.1 Å². The summed E-state index contributed by atoms with van der Waals surface area (Å²) in [6.07, 6.45) is -8.10. The molecule has 36 heavy (non-hydrogen) atoms. The van der Waals surface area contributed by atoms with Crippen molar-refractivity contribution >= 4 is 22.8 Å². The minimum atomic E-state index is -4.95. The summed E-state index contributed by atoms with van der Waals surface area (Å²) < 4.78 is 84.6. The second-order valence-corrected chi connectivity index (χ2v) is 8.46. The third kappa shape index (κ3) is 5.52. The highest BCUT2D eigenvalue weighted by Crippen LogP contribution is 2.41. The summed E-state index contributed by atoms with van der Waals surface area (Å²) in [6, 6.07) is 7.63. The molecule has 0 saturated carbocycles. The summed E-state index contributed by atoms with van der Waals surface area (Å²) >= 11 is 0. The van der Waals surface area contributed by atoms with E-state index in [1.54, 1.807) is 12.1 Å². The van der Waals surface area contributed by atoms with Crippen LogP contribution in [-0.2, 0) is 17.6 Å². The van der Waals surface area contributed by atoms with E-state index in [2.05, 4.69) is 4.98 Å². The second-order valence-electron chi connectivity index (χ2n) is 8.46. The molecule has 0 unspecified atom stereocenters. The minimum absolute atomic E-state index is 0.152. The summed E-state index contributed by atoms with van der Waals surface area (Å²) in [4.78, 5) is 28.8. The number of nitrogens with one attached hydrogen (secondary N) is 1. The predicted molar refractivity (Wildman–Crippen MR) is 116 cm³/mol. The summed E-state index contributed by atoms with van der Waals surface area (Å²) in [5, 5.41) is 11.8. The largest absolute Gasteiger partial charge is 0.486 e. The van der Waals surface area contributed by atoms with Crippen LogP contribution in [-0.4, -0.2) is 34.2 Å². The van der Waals surface area contributed by atoms with Crippen molar-refractivity contribution < 1.29 is 45.8 Å². The lowest BCUT2D eigenvalue weighted by atomic mass is 9.83. The Hall–Kier alpha value is -3.83. The summed E-state index contributed by atoms with van der Waals surface area (Å²) in [5.74, 6) is -3.22. The number of ether oxygens (including phenoxy) is 1. The first-order chi connectivity index (χ1) is 16.6.